The van der Waals surface area contributed by atoms with Gasteiger partial charge in [0.05, 0.1) is 17.6 Å². The zero-order chi connectivity index (χ0) is 20.4. The molecule has 0 saturated heterocycles. The average molecular weight is 380 g/mol. The smallest absolute Gasteiger partial charge is 0.252 e. The number of ether oxygens (including phenoxy) is 1. The number of benzene rings is 1. The summed E-state index contributed by atoms with van der Waals surface area (Å²) in [5, 5.41) is 8.89. The summed E-state index contributed by atoms with van der Waals surface area (Å²) in [6, 6.07) is 6.72. The van der Waals surface area contributed by atoms with Crippen molar-refractivity contribution in [2.45, 2.75) is 20.5 Å². The summed E-state index contributed by atoms with van der Waals surface area (Å²) in [6.07, 6.45) is 1.42. The highest BCUT2D eigenvalue weighted by molar-refractivity contribution is 6.34. The van der Waals surface area contributed by atoms with Crippen molar-refractivity contribution < 1.29 is 13.5 Å². The summed E-state index contributed by atoms with van der Waals surface area (Å²) in [5.41, 5.74) is 1.65. The van der Waals surface area contributed by atoms with E-state index >= 15 is 0 Å². The maximum absolute atomic E-state index is 13.8. The molecule has 28 heavy (non-hydrogen) atoms. The van der Waals surface area contributed by atoms with E-state index in [1.165, 1.54) is 16.8 Å². The zero-order valence-corrected chi connectivity index (χ0v) is 15.5. The molecule has 1 aromatic carbocycles. The fourth-order valence-corrected chi connectivity index (χ4v) is 2.77. The van der Waals surface area contributed by atoms with Crippen LogP contribution in [0.5, 0.6) is 5.75 Å². The molecule has 0 amide bonds. The number of hydrogen-bond donors (Lipinski definition) is 0. The molecule has 0 aliphatic rings. The van der Waals surface area contributed by atoms with Crippen molar-refractivity contribution in [3.63, 3.8) is 0 Å². The molecule has 3 rings (SSSR count). The molecule has 9 heteroatoms. The van der Waals surface area contributed by atoms with E-state index in [1.807, 2.05) is 6.07 Å². The minimum Gasteiger partial charge on any atom is -0.489 e. The van der Waals surface area contributed by atoms with E-state index in [9.17, 15) is 13.6 Å². The van der Waals surface area contributed by atoms with E-state index in [1.54, 1.807) is 27.8 Å². The second kappa shape index (κ2) is 7.60. The number of nitrogens with zero attached hydrogens (tertiary/aromatic N) is 4. The number of halogens is 2. The second-order valence-corrected chi connectivity index (χ2v) is 6.22. The van der Waals surface area contributed by atoms with E-state index in [0.717, 1.165) is 12.1 Å². The van der Waals surface area contributed by atoms with Crippen molar-refractivity contribution in [2.24, 2.45) is 0 Å². The molecule has 2 heterocycles. The molecule has 0 saturated carbocycles. The Labute approximate surface area is 160 Å². The van der Waals surface area contributed by atoms with E-state index < -0.39 is 11.6 Å². The van der Waals surface area contributed by atoms with Gasteiger partial charge >= 0.3 is 0 Å². The van der Waals surface area contributed by atoms with Gasteiger partial charge in [0.25, 0.3) is 5.56 Å². The van der Waals surface area contributed by atoms with Gasteiger partial charge in [0.1, 0.15) is 30.1 Å². The lowest BCUT2D eigenvalue weighted by Gasteiger charge is -2.16. The highest BCUT2D eigenvalue weighted by Gasteiger charge is 2.15. The molecule has 2 aromatic heterocycles. The third-order valence-corrected chi connectivity index (χ3v) is 4.28. The molecule has 0 radical (unpaired) electrons. The maximum Gasteiger partial charge on any atom is 0.252 e. The summed E-state index contributed by atoms with van der Waals surface area (Å²) in [5.74, 6) is -1.07. The van der Waals surface area contributed by atoms with Gasteiger partial charge in [-0.2, -0.15) is 5.26 Å². The lowest BCUT2D eigenvalue weighted by Crippen LogP contribution is -2.36. The minimum absolute atomic E-state index is 0.0185. The standard InChI is InChI=1S/C19H15BF2N4O2/c1-10-5-16(28-9-12-3-4-13(21)6-14(12)22)18(20)19(27)26(10)15-8-24-17(7-23)25-11(15)2/h3-6,8H,9,20H2,1-2H3. The van der Waals surface area contributed by atoms with Crippen LogP contribution >= 0.6 is 0 Å². The van der Waals surface area contributed by atoms with Gasteiger partial charge in [-0.1, -0.05) is 0 Å². The highest BCUT2D eigenvalue weighted by atomic mass is 19.1. The first kappa shape index (κ1) is 19.2. The Bertz CT molecular complexity index is 1170. The van der Waals surface area contributed by atoms with Crippen LogP contribution in [0.3, 0.4) is 0 Å². The normalized spacial score (nSPS) is 10.5. The number of hydrogen-bond acceptors (Lipinski definition) is 5. The first-order valence-electron chi connectivity index (χ1n) is 8.36. The summed E-state index contributed by atoms with van der Waals surface area (Å²) in [4.78, 5) is 20.9. The lowest BCUT2D eigenvalue weighted by atomic mass is 9.96. The SMILES string of the molecule is Bc1c(OCc2ccc(F)cc2F)cc(C)n(-c2cnc(C#N)nc2C)c1=O. The lowest BCUT2D eigenvalue weighted by molar-refractivity contribution is 0.301. The van der Waals surface area contributed by atoms with Gasteiger partial charge in [0.2, 0.25) is 5.82 Å². The molecule has 0 unspecified atom stereocenters. The van der Waals surface area contributed by atoms with Crippen LogP contribution in [0.4, 0.5) is 8.78 Å². The molecule has 0 spiro atoms. The third kappa shape index (κ3) is 3.62. The molecule has 0 bridgehead atoms. The molecule has 140 valence electrons. The van der Waals surface area contributed by atoms with Gasteiger partial charge in [0, 0.05) is 22.8 Å². The van der Waals surface area contributed by atoms with Crippen molar-refractivity contribution in [1.29, 1.82) is 5.26 Å². The molecule has 0 aliphatic carbocycles. The van der Waals surface area contributed by atoms with Gasteiger partial charge in [-0.3, -0.25) is 9.36 Å². The Balaban J connectivity index is 1.97. The Morgan fingerprint density at radius 1 is 1.29 bits per heavy atom. The average Bonchev–Trinajstić information content (AvgIpc) is 2.66. The predicted molar refractivity (Wildman–Crippen MR) is 101 cm³/mol. The van der Waals surface area contributed by atoms with Gasteiger partial charge in [-0.15, -0.1) is 0 Å². The number of pyridine rings is 1. The van der Waals surface area contributed by atoms with Crippen LogP contribution in [0.1, 0.15) is 22.8 Å². The molecule has 3 aromatic rings. The van der Waals surface area contributed by atoms with Crippen molar-refractivity contribution in [3.8, 4) is 17.5 Å². The largest absolute Gasteiger partial charge is 0.489 e. The highest BCUT2D eigenvalue weighted by Crippen LogP contribution is 2.17. The Kier molecular flexibility index (Phi) is 5.22. The third-order valence-electron chi connectivity index (χ3n) is 4.28. The topological polar surface area (TPSA) is 80.8 Å². The zero-order valence-electron chi connectivity index (χ0n) is 15.5. The van der Waals surface area contributed by atoms with Crippen LogP contribution in [-0.2, 0) is 6.61 Å². The van der Waals surface area contributed by atoms with Crippen LogP contribution in [0.25, 0.3) is 5.69 Å². The van der Waals surface area contributed by atoms with Crippen molar-refractivity contribution in [1.82, 2.24) is 14.5 Å². The number of aryl methyl sites for hydroxylation is 2. The minimum atomic E-state index is -0.715. The van der Waals surface area contributed by atoms with Crippen molar-refractivity contribution in [2.75, 3.05) is 0 Å². The fraction of sp³-hybridized carbons (Fsp3) is 0.158. The predicted octanol–water partition coefficient (Wildman–Crippen LogP) is 1.23. The summed E-state index contributed by atoms with van der Waals surface area (Å²) < 4.78 is 33.8. The van der Waals surface area contributed by atoms with Crippen molar-refractivity contribution >= 4 is 13.3 Å². The molecule has 6 nitrogen and oxygen atoms in total. The number of aromatic nitrogens is 3. The van der Waals surface area contributed by atoms with Gasteiger partial charge < -0.3 is 4.74 Å². The molecule has 0 atom stereocenters. The number of rotatable bonds is 4. The Morgan fingerprint density at radius 3 is 2.68 bits per heavy atom. The first-order chi connectivity index (χ1) is 13.3. The fourth-order valence-electron chi connectivity index (χ4n) is 2.77. The van der Waals surface area contributed by atoms with E-state index in [0.29, 0.717) is 28.3 Å². The summed E-state index contributed by atoms with van der Waals surface area (Å²) in [6.45, 7) is 3.25. The molecule has 0 fully saturated rings. The number of nitriles is 1. The second-order valence-electron chi connectivity index (χ2n) is 6.22. The van der Waals surface area contributed by atoms with Gasteiger partial charge in [-0.25, -0.2) is 18.7 Å². The van der Waals surface area contributed by atoms with Crippen LogP contribution < -0.4 is 15.8 Å². The van der Waals surface area contributed by atoms with Crippen molar-refractivity contribution in [3.05, 3.63) is 75.2 Å². The van der Waals surface area contributed by atoms with E-state index in [2.05, 4.69) is 9.97 Å². The van der Waals surface area contributed by atoms with Crippen LogP contribution in [0.2, 0.25) is 0 Å². The van der Waals surface area contributed by atoms with Gasteiger partial charge in [0.15, 0.2) is 7.85 Å². The molecule has 0 N–H and O–H groups in total. The summed E-state index contributed by atoms with van der Waals surface area (Å²) in [7, 11) is 1.59. The van der Waals surface area contributed by atoms with E-state index in [4.69, 9.17) is 10.00 Å². The summed E-state index contributed by atoms with van der Waals surface area (Å²) >= 11 is 0. The molecule has 0 aliphatic heterocycles. The van der Waals surface area contributed by atoms with Crippen LogP contribution in [-0.4, -0.2) is 22.4 Å². The van der Waals surface area contributed by atoms with Gasteiger partial charge in [-0.05, 0) is 32.0 Å². The maximum atomic E-state index is 13.8. The quantitative estimate of drug-likeness (QED) is 0.636. The van der Waals surface area contributed by atoms with E-state index in [-0.39, 0.29) is 23.6 Å². The molecular formula is C19H15BF2N4O2. The Hall–Kier alpha value is -3.54. The van der Waals surface area contributed by atoms with Crippen LogP contribution in [0, 0.1) is 36.8 Å². The first-order valence-corrected chi connectivity index (χ1v) is 8.36. The van der Waals surface area contributed by atoms with Crippen LogP contribution in [0.15, 0.2) is 35.3 Å². The molecular weight excluding hydrogens is 365 g/mol. The Morgan fingerprint density at radius 2 is 2.04 bits per heavy atom. The monoisotopic (exact) mass is 380 g/mol.